The maximum Gasteiger partial charge on any atom is 0.283 e. The molecule has 5 rings (SSSR count). The number of aliphatic imine (C=N–C) groups is 1. The Morgan fingerprint density at radius 2 is 1.64 bits per heavy atom. The van der Waals surface area contributed by atoms with Gasteiger partial charge in [-0.1, -0.05) is 67.9 Å². The van der Waals surface area contributed by atoms with E-state index in [2.05, 4.69) is 36.1 Å². The van der Waals surface area contributed by atoms with Crippen molar-refractivity contribution in [2.24, 2.45) is 10.1 Å². The van der Waals surface area contributed by atoms with E-state index in [0.717, 1.165) is 23.3 Å². The molecule has 0 saturated carbocycles. The van der Waals surface area contributed by atoms with Gasteiger partial charge in [0.1, 0.15) is 29.8 Å². The van der Waals surface area contributed by atoms with Crippen LogP contribution in [0.25, 0.3) is 6.08 Å². The van der Waals surface area contributed by atoms with E-state index >= 15 is 0 Å². The molecule has 0 spiro atoms. The van der Waals surface area contributed by atoms with Gasteiger partial charge in [0.2, 0.25) is 5.17 Å². The first-order chi connectivity index (χ1) is 18.9. The van der Waals surface area contributed by atoms with Gasteiger partial charge in [-0.15, -0.1) is 0 Å². The number of nitrogens with one attached hydrogen (secondary N) is 1. The molecule has 7 nitrogen and oxygen atoms in total. The molecule has 0 aromatic heterocycles. The van der Waals surface area contributed by atoms with Crippen molar-refractivity contribution in [3.05, 3.63) is 100 Å². The summed E-state index contributed by atoms with van der Waals surface area (Å²) >= 11 is 7.52. The van der Waals surface area contributed by atoms with Crippen molar-refractivity contribution >= 4 is 51.4 Å². The molecule has 2 aliphatic heterocycles. The monoisotopic (exact) mass is 558 g/mol. The number of carbonyl (C=O) groups is 1. The number of ether oxygens (including phenoxy) is 2. The van der Waals surface area contributed by atoms with Crippen molar-refractivity contribution < 1.29 is 14.3 Å². The highest BCUT2D eigenvalue weighted by molar-refractivity contribution is 8.27. The van der Waals surface area contributed by atoms with Crippen LogP contribution >= 0.6 is 23.4 Å². The maximum absolute atomic E-state index is 12.7. The Labute approximate surface area is 236 Å². The van der Waals surface area contributed by atoms with Gasteiger partial charge in [-0.05, 0) is 71.6 Å². The molecule has 9 heteroatoms. The Balaban J connectivity index is 1.18. The number of rotatable bonds is 9. The predicted molar refractivity (Wildman–Crippen MR) is 158 cm³/mol. The summed E-state index contributed by atoms with van der Waals surface area (Å²) in [7, 11) is 0. The van der Waals surface area contributed by atoms with Crippen LogP contribution in [-0.4, -0.2) is 40.2 Å². The van der Waals surface area contributed by atoms with Crippen LogP contribution in [0.2, 0.25) is 5.02 Å². The van der Waals surface area contributed by atoms with Crippen LogP contribution < -0.4 is 9.47 Å². The standard InChI is InChI=1S/C30H27ClN4O3S/c1-3-19(2)21-10-14-23(15-11-21)38-17-16-37-22-12-8-20(9-13-22)18-25-27(32)35-30(33-28(25)36)39-29(34-35)24-6-4-5-7-26(24)31/h4-15,18-19,32H,3,16-17H2,1-2H3/b25-18+,32-27?/t19-/m1/s1. The highest BCUT2D eigenvalue weighted by atomic mass is 35.5. The molecule has 3 aromatic rings. The van der Waals surface area contributed by atoms with Gasteiger partial charge in [-0.2, -0.15) is 15.1 Å². The molecule has 2 heterocycles. The van der Waals surface area contributed by atoms with Crippen LogP contribution in [0.4, 0.5) is 0 Å². The van der Waals surface area contributed by atoms with Crippen LogP contribution in [0, 0.1) is 5.41 Å². The molecule has 1 atom stereocenters. The van der Waals surface area contributed by atoms with E-state index < -0.39 is 5.91 Å². The van der Waals surface area contributed by atoms with Gasteiger partial charge in [0.05, 0.1) is 10.6 Å². The second-order valence-electron chi connectivity index (χ2n) is 9.05. The van der Waals surface area contributed by atoms with Crippen molar-refractivity contribution in [2.75, 3.05) is 13.2 Å². The van der Waals surface area contributed by atoms with E-state index in [1.165, 1.54) is 22.3 Å². The summed E-state index contributed by atoms with van der Waals surface area (Å²) in [5.41, 5.74) is 2.94. The highest BCUT2D eigenvalue weighted by Gasteiger charge is 2.36. The van der Waals surface area contributed by atoms with E-state index in [4.69, 9.17) is 26.5 Å². The molecule has 2 aliphatic rings. The maximum atomic E-state index is 12.7. The van der Waals surface area contributed by atoms with Crippen molar-refractivity contribution in [3.63, 3.8) is 0 Å². The average molecular weight is 559 g/mol. The minimum Gasteiger partial charge on any atom is -0.490 e. The van der Waals surface area contributed by atoms with Gasteiger partial charge in [0, 0.05) is 5.56 Å². The molecule has 1 amide bonds. The van der Waals surface area contributed by atoms with Gasteiger partial charge < -0.3 is 9.47 Å². The van der Waals surface area contributed by atoms with Crippen molar-refractivity contribution in [2.45, 2.75) is 26.2 Å². The molecule has 0 fully saturated rings. The molecule has 0 bridgehead atoms. The zero-order valence-electron chi connectivity index (χ0n) is 21.6. The van der Waals surface area contributed by atoms with Gasteiger partial charge in [0.25, 0.3) is 5.91 Å². The Kier molecular flexibility index (Phi) is 8.14. The molecule has 3 aromatic carbocycles. The molecule has 0 radical (unpaired) electrons. The number of carbonyl (C=O) groups excluding carboxylic acids is 1. The summed E-state index contributed by atoms with van der Waals surface area (Å²) < 4.78 is 11.6. The summed E-state index contributed by atoms with van der Waals surface area (Å²) in [5.74, 6) is 1.52. The van der Waals surface area contributed by atoms with Crippen molar-refractivity contribution in [3.8, 4) is 11.5 Å². The first-order valence-electron chi connectivity index (χ1n) is 12.6. The number of hydrazone groups is 1. The lowest BCUT2D eigenvalue weighted by Crippen LogP contribution is -2.35. The third kappa shape index (κ3) is 6.08. The molecule has 0 unspecified atom stereocenters. The lowest BCUT2D eigenvalue weighted by molar-refractivity contribution is -0.114. The van der Waals surface area contributed by atoms with Gasteiger partial charge in [-0.25, -0.2) is 0 Å². The average Bonchev–Trinajstić information content (AvgIpc) is 3.38. The predicted octanol–water partition coefficient (Wildman–Crippen LogP) is 6.98. The molecule has 0 aliphatic carbocycles. The summed E-state index contributed by atoms with van der Waals surface area (Å²) in [6, 6.07) is 22.8. The number of hydrogen-bond donors (Lipinski definition) is 1. The third-order valence-electron chi connectivity index (χ3n) is 6.43. The molecule has 39 heavy (non-hydrogen) atoms. The number of hydrogen-bond acceptors (Lipinski definition) is 6. The molecule has 0 saturated heterocycles. The fourth-order valence-corrected chi connectivity index (χ4v) is 5.22. The number of thioether (sulfide) groups is 1. The number of benzene rings is 3. The minimum absolute atomic E-state index is 0.0331. The van der Waals surface area contributed by atoms with E-state index in [0.29, 0.717) is 40.1 Å². The number of halogens is 1. The van der Waals surface area contributed by atoms with E-state index in [-0.39, 0.29) is 11.4 Å². The Morgan fingerprint density at radius 1 is 1.00 bits per heavy atom. The van der Waals surface area contributed by atoms with Crippen LogP contribution in [0.15, 0.2) is 88.5 Å². The molecular formula is C30H27ClN4O3S. The van der Waals surface area contributed by atoms with Crippen LogP contribution in [0.5, 0.6) is 11.5 Å². The lowest BCUT2D eigenvalue weighted by atomic mass is 9.99. The van der Waals surface area contributed by atoms with E-state index in [1.807, 2.05) is 54.6 Å². The summed E-state index contributed by atoms with van der Waals surface area (Å²) in [6.45, 7) is 5.21. The smallest absolute Gasteiger partial charge is 0.283 e. The van der Waals surface area contributed by atoms with E-state index in [9.17, 15) is 4.79 Å². The second-order valence-corrected chi connectivity index (χ2v) is 10.4. The fourth-order valence-electron chi connectivity index (χ4n) is 4.01. The molecule has 198 valence electrons. The number of amides is 1. The largest absolute Gasteiger partial charge is 0.490 e. The van der Waals surface area contributed by atoms with Crippen molar-refractivity contribution in [1.29, 1.82) is 5.41 Å². The zero-order chi connectivity index (χ0) is 27.4. The molecule has 1 N–H and O–H groups in total. The van der Waals surface area contributed by atoms with Crippen LogP contribution in [-0.2, 0) is 4.79 Å². The first-order valence-corrected chi connectivity index (χ1v) is 13.8. The summed E-state index contributed by atoms with van der Waals surface area (Å²) in [6.07, 6.45) is 2.74. The summed E-state index contributed by atoms with van der Waals surface area (Å²) in [4.78, 5) is 16.9. The third-order valence-corrected chi connectivity index (χ3v) is 7.70. The quantitative estimate of drug-likeness (QED) is 0.226. The van der Waals surface area contributed by atoms with Crippen molar-refractivity contribution in [1.82, 2.24) is 5.01 Å². The lowest BCUT2D eigenvalue weighted by Gasteiger charge is -2.20. The SMILES string of the molecule is CC[C@@H](C)c1ccc(OCCOc2ccc(/C=C3\C(=N)N4N=C(c5ccccc5Cl)SC4=NC3=O)cc2)cc1. The first kappa shape index (κ1) is 26.7. The highest BCUT2D eigenvalue weighted by Crippen LogP contribution is 2.33. The normalized spacial score (nSPS) is 16.6. The minimum atomic E-state index is -0.482. The number of nitrogens with zero attached hydrogens (tertiary/aromatic N) is 3. The summed E-state index contributed by atoms with van der Waals surface area (Å²) in [5, 5.41) is 15.9. The zero-order valence-corrected chi connectivity index (χ0v) is 23.1. The Morgan fingerprint density at radius 3 is 2.28 bits per heavy atom. The number of amidine groups is 2. The van der Waals surface area contributed by atoms with Gasteiger partial charge in [0.15, 0.2) is 5.84 Å². The topological polar surface area (TPSA) is 87.3 Å². The fraction of sp³-hybridized carbons (Fsp3) is 0.200. The van der Waals surface area contributed by atoms with Gasteiger partial charge in [-0.3, -0.25) is 10.2 Å². The van der Waals surface area contributed by atoms with Gasteiger partial charge >= 0.3 is 0 Å². The Bertz CT molecular complexity index is 1480. The van der Waals surface area contributed by atoms with E-state index in [1.54, 1.807) is 12.1 Å². The number of fused-ring (bicyclic) bond motifs is 1. The molecular weight excluding hydrogens is 532 g/mol. The van der Waals surface area contributed by atoms with Crippen LogP contribution in [0.3, 0.4) is 0 Å². The Hall–Kier alpha value is -3.88. The second kappa shape index (κ2) is 11.9. The van der Waals surface area contributed by atoms with Crippen LogP contribution in [0.1, 0.15) is 42.9 Å².